The first-order valence-corrected chi connectivity index (χ1v) is 9.02. The van der Waals surface area contributed by atoms with E-state index < -0.39 is 0 Å². The van der Waals surface area contributed by atoms with E-state index in [1.807, 2.05) is 24.3 Å². The Balaban J connectivity index is 1.53. The third kappa shape index (κ3) is 4.82. The molecule has 1 N–H and O–H groups in total. The molecule has 0 spiro atoms. The van der Waals surface area contributed by atoms with Crippen molar-refractivity contribution in [1.82, 2.24) is 10.2 Å². The molecule has 0 radical (unpaired) electrons. The molecule has 2 aromatic rings. The summed E-state index contributed by atoms with van der Waals surface area (Å²) in [5.74, 6) is 0.633. The predicted octanol–water partition coefficient (Wildman–Crippen LogP) is 3.36. The minimum Gasteiger partial charge on any atom is -0.496 e. The summed E-state index contributed by atoms with van der Waals surface area (Å²) in [6.45, 7) is 2.91. The molecule has 1 fully saturated rings. The maximum absolute atomic E-state index is 13.0. The Morgan fingerprint density at radius 3 is 2.77 bits per heavy atom. The molecule has 1 heterocycles. The van der Waals surface area contributed by atoms with E-state index in [0.717, 1.165) is 49.4 Å². The van der Waals surface area contributed by atoms with Crippen LogP contribution in [-0.4, -0.2) is 31.0 Å². The molecule has 2 aromatic carbocycles. The van der Waals surface area contributed by atoms with E-state index in [9.17, 15) is 9.18 Å². The Morgan fingerprint density at radius 2 is 2.00 bits per heavy atom. The average Bonchev–Trinajstić information content (AvgIpc) is 2.68. The minimum absolute atomic E-state index is 0.0149. The van der Waals surface area contributed by atoms with Gasteiger partial charge in [-0.25, -0.2) is 4.39 Å². The molecule has 138 valence electrons. The monoisotopic (exact) mass is 356 g/mol. The molecule has 1 saturated heterocycles. The molecule has 1 atom stereocenters. The average molecular weight is 356 g/mol. The molecule has 0 bridgehead atoms. The molecule has 1 aliphatic rings. The van der Waals surface area contributed by atoms with Gasteiger partial charge in [-0.15, -0.1) is 0 Å². The van der Waals surface area contributed by atoms with Gasteiger partial charge in [0.2, 0.25) is 5.91 Å². The fraction of sp³-hybridized carbons (Fsp3) is 0.381. The highest BCUT2D eigenvalue weighted by Gasteiger charge is 2.25. The Kier molecular flexibility index (Phi) is 6.23. The quantitative estimate of drug-likeness (QED) is 0.863. The summed E-state index contributed by atoms with van der Waals surface area (Å²) < 4.78 is 18.4. The van der Waals surface area contributed by atoms with Crippen molar-refractivity contribution in [2.75, 3.05) is 20.2 Å². The SMILES string of the molecule is COc1ccccc1CNC(=O)[C@@H]1CCCN(Cc2ccc(F)cc2)C1. The van der Waals surface area contributed by atoms with E-state index in [1.165, 1.54) is 12.1 Å². The molecule has 4 nitrogen and oxygen atoms in total. The van der Waals surface area contributed by atoms with Crippen molar-refractivity contribution >= 4 is 5.91 Å². The number of amides is 1. The van der Waals surface area contributed by atoms with Crippen LogP contribution in [0.1, 0.15) is 24.0 Å². The van der Waals surface area contributed by atoms with E-state index >= 15 is 0 Å². The van der Waals surface area contributed by atoms with Gasteiger partial charge >= 0.3 is 0 Å². The van der Waals surface area contributed by atoms with E-state index in [1.54, 1.807) is 19.2 Å². The summed E-state index contributed by atoms with van der Waals surface area (Å²) in [4.78, 5) is 14.9. The first-order valence-electron chi connectivity index (χ1n) is 9.02. The van der Waals surface area contributed by atoms with Crippen LogP contribution in [0.25, 0.3) is 0 Å². The van der Waals surface area contributed by atoms with Crippen molar-refractivity contribution in [3.8, 4) is 5.75 Å². The predicted molar refractivity (Wildman–Crippen MR) is 99.2 cm³/mol. The zero-order valence-corrected chi connectivity index (χ0v) is 15.1. The number of carbonyl (C=O) groups is 1. The molecule has 0 aliphatic carbocycles. The third-order valence-corrected chi connectivity index (χ3v) is 4.84. The number of rotatable bonds is 6. The van der Waals surface area contributed by atoms with Gasteiger partial charge in [-0.1, -0.05) is 30.3 Å². The molecule has 0 aromatic heterocycles. The lowest BCUT2D eigenvalue weighted by Gasteiger charge is -2.32. The number of hydrogen-bond acceptors (Lipinski definition) is 3. The molecule has 0 unspecified atom stereocenters. The Bertz CT molecular complexity index is 733. The Hall–Kier alpha value is -2.40. The lowest BCUT2D eigenvalue weighted by molar-refractivity contribution is -0.126. The second-order valence-electron chi connectivity index (χ2n) is 6.73. The number of hydrogen-bond donors (Lipinski definition) is 1. The van der Waals surface area contributed by atoms with E-state index in [4.69, 9.17) is 4.74 Å². The highest BCUT2D eigenvalue weighted by Crippen LogP contribution is 2.20. The fourth-order valence-corrected chi connectivity index (χ4v) is 3.44. The van der Waals surface area contributed by atoms with Gasteiger partial charge in [-0.2, -0.15) is 0 Å². The normalized spacial score (nSPS) is 17.7. The first kappa shape index (κ1) is 18.4. The number of methoxy groups -OCH3 is 1. The minimum atomic E-state index is -0.221. The van der Waals surface area contributed by atoms with Gasteiger partial charge in [0, 0.05) is 25.2 Å². The molecule has 1 aliphatic heterocycles. The topological polar surface area (TPSA) is 41.6 Å². The zero-order chi connectivity index (χ0) is 18.4. The lowest BCUT2D eigenvalue weighted by atomic mass is 9.96. The van der Waals surface area contributed by atoms with Crippen molar-refractivity contribution < 1.29 is 13.9 Å². The highest BCUT2D eigenvalue weighted by atomic mass is 19.1. The molecule has 5 heteroatoms. The molecule has 1 amide bonds. The summed E-state index contributed by atoms with van der Waals surface area (Å²) in [6, 6.07) is 14.3. The standard InChI is InChI=1S/C21H25FN2O2/c1-26-20-7-3-2-5-17(20)13-23-21(25)18-6-4-12-24(15-18)14-16-8-10-19(22)11-9-16/h2-3,5,7-11,18H,4,6,12-15H2,1H3,(H,23,25)/t18-/m1/s1. The summed E-state index contributed by atoms with van der Waals surface area (Å²) in [5.41, 5.74) is 2.05. The van der Waals surface area contributed by atoms with Gasteiger partial charge in [0.1, 0.15) is 11.6 Å². The van der Waals surface area contributed by atoms with Crippen molar-refractivity contribution in [1.29, 1.82) is 0 Å². The number of piperidine rings is 1. The summed E-state index contributed by atoms with van der Waals surface area (Å²) >= 11 is 0. The number of carbonyl (C=O) groups excluding carboxylic acids is 1. The maximum Gasteiger partial charge on any atom is 0.224 e. The largest absolute Gasteiger partial charge is 0.496 e. The second-order valence-corrected chi connectivity index (χ2v) is 6.73. The summed E-state index contributed by atoms with van der Waals surface area (Å²) in [6.07, 6.45) is 1.89. The van der Waals surface area contributed by atoms with Crippen LogP contribution in [0.15, 0.2) is 48.5 Å². The van der Waals surface area contributed by atoms with Crippen molar-refractivity contribution in [3.63, 3.8) is 0 Å². The van der Waals surface area contributed by atoms with Crippen molar-refractivity contribution in [2.24, 2.45) is 5.92 Å². The van der Waals surface area contributed by atoms with Gasteiger partial charge in [0.15, 0.2) is 0 Å². The van der Waals surface area contributed by atoms with Crippen LogP contribution in [0.3, 0.4) is 0 Å². The Labute approximate surface area is 154 Å². The molecule has 0 saturated carbocycles. The van der Waals surface area contributed by atoms with Crippen molar-refractivity contribution in [2.45, 2.75) is 25.9 Å². The van der Waals surface area contributed by atoms with E-state index in [2.05, 4.69) is 10.2 Å². The number of likely N-dealkylation sites (tertiary alicyclic amines) is 1. The van der Waals surface area contributed by atoms with Gasteiger partial charge in [0.05, 0.1) is 13.0 Å². The molecular formula is C21H25FN2O2. The van der Waals surface area contributed by atoms with Crippen LogP contribution in [0, 0.1) is 11.7 Å². The van der Waals surface area contributed by atoms with Gasteiger partial charge in [-0.05, 0) is 43.1 Å². The molecule has 3 rings (SSSR count). The van der Waals surface area contributed by atoms with Crippen LogP contribution in [-0.2, 0) is 17.9 Å². The molecular weight excluding hydrogens is 331 g/mol. The number of benzene rings is 2. The van der Waals surface area contributed by atoms with Crippen molar-refractivity contribution in [3.05, 3.63) is 65.5 Å². The maximum atomic E-state index is 13.0. The third-order valence-electron chi connectivity index (χ3n) is 4.84. The number of halogens is 1. The molecule has 26 heavy (non-hydrogen) atoms. The number of ether oxygens (including phenoxy) is 1. The summed E-state index contributed by atoms with van der Waals surface area (Å²) in [5, 5.41) is 3.04. The fourth-order valence-electron chi connectivity index (χ4n) is 3.44. The van der Waals surface area contributed by atoms with Gasteiger partial charge in [0.25, 0.3) is 0 Å². The van der Waals surface area contributed by atoms with Gasteiger partial charge in [-0.3, -0.25) is 9.69 Å². The second kappa shape index (κ2) is 8.81. The number of para-hydroxylation sites is 1. The first-order chi connectivity index (χ1) is 12.7. The summed E-state index contributed by atoms with van der Waals surface area (Å²) in [7, 11) is 1.63. The number of nitrogens with zero attached hydrogens (tertiary/aromatic N) is 1. The van der Waals surface area contributed by atoms with Crippen LogP contribution in [0.2, 0.25) is 0 Å². The highest BCUT2D eigenvalue weighted by molar-refractivity contribution is 5.79. The van der Waals surface area contributed by atoms with E-state index in [0.29, 0.717) is 6.54 Å². The Morgan fingerprint density at radius 1 is 1.23 bits per heavy atom. The van der Waals surface area contributed by atoms with Crippen LogP contribution in [0.5, 0.6) is 5.75 Å². The smallest absolute Gasteiger partial charge is 0.224 e. The van der Waals surface area contributed by atoms with Crippen LogP contribution < -0.4 is 10.1 Å². The van der Waals surface area contributed by atoms with Gasteiger partial charge < -0.3 is 10.1 Å². The van der Waals surface area contributed by atoms with E-state index in [-0.39, 0.29) is 17.6 Å². The van der Waals surface area contributed by atoms with Crippen LogP contribution in [0.4, 0.5) is 4.39 Å². The lowest BCUT2D eigenvalue weighted by Crippen LogP contribution is -2.42. The zero-order valence-electron chi connectivity index (χ0n) is 15.1. The number of nitrogens with one attached hydrogen (secondary N) is 1. The van der Waals surface area contributed by atoms with Crippen LogP contribution >= 0.6 is 0 Å².